The van der Waals surface area contributed by atoms with Crippen LogP contribution >= 0.6 is 0 Å². The van der Waals surface area contributed by atoms with Gasteiger partial charge in [0.05, 0.1) is 18.9 Å². The number of fused-ring (bicyclic) bond motifs is 1. The van der Waals surface area contributed by atoms with Crippen LogP contribution in [0.1, 0.15) is 35.8 Å². The van der Waals surface area contributed by atoms with Crippen LogP contribution in [0.2, 0.25) is 0 Å². The number of rotatable bonds is 7. The van der Waals surface area contributed by atoms with Gasteiger partial charge in [0.2, 0.25) is 0 Å². The first kappa shape index (κ1) is 19.3. The van der Waals surface area contributed by atoms with Crippen LogP contribution in [-0.4, -0.2) is 40.4 Å². The monoisotopic (exact) mass is 382 g/mol. The van der Waals surface area contributed by atoms with Gasteiger partial charge in [-0.15, -0.1) is 0 Å². The van der Waals surface area contributed by atoms with Crippen LogP contribution in [0.15, 0.2) is 42.7 Å². The fourth-order valence-corrected chi connectivity index (χ4v) is 2.68. The van der Waals surface area contributed by atoms with Gasteiger partial charge in [-0.3, -0.25) is 4.79 Å². The van der Waals surface area contributed by atoms with Crippen LogP contribution in [0.5, 0.6) is 5.75 Å². The van der Waals surface area contributed by atoms with Gasteiger partial charge < -0.3 is 14.8 Å². The van der Waals surface area contributed by atoms with E-state index in [4.69, 9.17) is 9.47 Å². The van der Waals surface area contributed by atoms with Gasteiger partial charge in [-0.05, 0) is 37.6 Å². The number of pyridine rings is 1. The number of aromatic nitrogens is 3. The molecule has 3 rings (SSSR count). The van der Waals surface area contributed by atoms with Gasteiger partial charge >= 0.3 is 5.97 Å². The molecule has 2 aromatic heterocycles. The third-order valence-corrected chi connectivity index (χ3v) is 4.12. The van der Waals surface area contributed by atoms with Crippen molar-refractivity contribution < 1.29 is 19.1 Å². The number of benzene rings is 1. The maximum absolute atomic E-state index is 12.2. The van der Waals surface area contributed by atoms with Crippen molar-refractivity contribution in [2.24, 2.45) is 0 Å². The Morgan fingerprint density at radius 2 is 2.04 bits per heavy atom. The molecule has 1 aromatic carbocycles. The van der Waals surface area contributed by atoms with E-state index in [9.17, 15) is 9.59 Å². The number of esters is 1. The molecule has 0 saturated heterocycles. The van der Waals surface area contributed by atoms with Crippen molar-refractivity contribution in [2.75, 3.05) is 13.7 Å². The van der Waals surface area contributed by atoms with Crippen molar-refractivity contribution in [1.82, 2.24) is 20.1 Å². The van der Waals surface area contributed by atoms with Crippen molar-refractivity contribution in [2.45, 2.75) is 26.4 Å². The normalized spacial score (nSPS) is 10.9. The van der Waals surface area contributed by atoms with Gasteiger partial charge in [0.1, 0.15) is 5.75 Å². The number of ether oxygens (including phenoxy) is 2. The average molecular weight is 382 g/mol. The second kappa shape index (κ2) is 8.51. The van der Waals surface area contributed by atoms with E-state index in [1.807, 2.05) is 38.1 Å². The molecule has 0 spiro atoms. The zero-order valence-corrected chi connectivity index (χ0v) is 16.0. The molecule has 1 N–H and O–H groups in total. The predicted octanol–water partition coefficient (Wildman–Crippen LogP) is 2.49. The average Bonchev–Trinajstić information content (AvgIpc) is 3.14. The van der Waals surface area contributed by atoms with E-state index >= 15 is 0 Å². The topological polar surface area (TPSA) is 95.3 Å². The van der Waals surface area contributed by atoms with Crippen LogP contribution in [0.25, 0.3) is 11.0 Å². The van der Waals surface area contributed by atoms with Crippen molar-refractivity contribution in [1.29, 1.82) is 0 Å². The Hall–Kier alpha value is -3.42. The molecular weight excluding hydrogens is 360 g/mol. The highest BCUT2D eigenvalue weighted by Gasteiger charge is 2.14. The minimum Gasteiger partial charge on any atom is -0.497 e. The highest BCUT2D eigenvalue weighted by molar-refractivity contribution is 5.94. The first-order valence-corrected chi connectivity index (χ1v) is 8.88. The summed E-state index contributed by atoms with van der Waals surface area (Å²) in [6, 6.07) is 9.17. The number of carbonyl (C=O) groups excluding carboxylic acids is 2. The molecule has 0 aliphatic heterocycles. The van der Waals surface area contributed by atoms with Crippen molar-refractivity contribution in [3.63, 3.8) is 0 Å². The Kier molecular flexibility index (Phi) is 5.88. The molecule has 0 aliphatic carbocycles. The molecule has 0 atom stereocenters. The predicted molar refractivity (Wildman–Crippen MR) is 103 cm³/mol. The maximum atomic E-state index is 12.2. The summed E-state index contributed by atoms with van der Waals surface area (Å²) in [7, 11) is 1.58. The van der Waals surface area contributed by atoms with E-state index in [1.165, 1.54) is 6.20 Å². The highest BCUT2D eigenvalue weighted by atomic mass is 16.5. The van der Waals surface area contributed by atoms with E-state index in [-0.39, 0.29) is 18.2 Å². The second-order valence-electron chi connectivity index (χ2n) is 6.52. The summed E-state index contributed by atoms with van der Waals surface area (Å²) in [5, 5.41) is 7.71. The second-order valence-corrected chi connectivity index (χ2v) is 6.52. The lowest BCUT2D eigenvalue weighted by molar-refractivity contribution is -0.124. The molecule has 0 unspecified atom stereocenters. The molecule has 1 amide bonds. The van der Waals surface area contributed by atoms with E-state index in [0.29, 0.717) is 17.9 Å². The Balaban J connectivity index is 1.54. The number of methoxy groups -OCH3 is 1. The minimum absolute atomic E-state index is 0.163. The molecule has 8 heteroatoms. The molecule has 2 heterocycles. The Bertz CT molecular complexity index is 997. The van der Waals surface area contributed by atoms with Crippen LogP contribution in [0.3, 0.4) is 0 Å². The number of hydrogen-bond donors (Lipinski definition) is 1. The fourth-order valence-electron chi connectivity index (χ4n) is 2.68. The van der Waals surface area contributed by atoms with E-state index < -0.39 is 11.9 Å². The van der Waals surface area contributed by atoms with Crippen LogP contribution in [-0.2, 0) is 16.1 Å². The van der Waals surface area contributed by atoms with E-state index in [0.717, 1.165) is 10.9 Å². The molecule has 0 radical (unpaired) electrons. The largest absolute Gasteiger partial charge is 0.497 e. The van der Waals surface area contributed by atoms with Crippen molar-refractivity contribution in [3.8, 4) is 5.75 Å². The number of carbonyl (C=O) groups is 2. The maximum Gasteiger partial charge on any atom is 0.340 e. The third-order valence-electron chi connectivity index (χ3n) is 4.12. The van der Waals surface area contributed by atoms with Gasteiger partial charge in [0, 0.05) is 24.2 Å². The summed E-state index contributed by atoms with van der Waals surface area (Å²) in [5.41, 5.74) is 1.86. The van der Waals surface area contributed by atoms with E-state index in [1.54, 1.807) is 24.1 Å². The molecule has 28 heavy (non-hydrogen) atoms. The SMILES string of the molecule is COc1cccc(CNC(=O)COC(=O)c2cnc3c(cnn3C(C)C)c2)c1. The van der Waals surface area contributed by atoms with Crippen molar-refractivity contribution in [3.05, 3.63) is 53.9 Å². The Morgan fingerprint density at radius 3 is 2.79 bits per heavy atom. The number of nitrogens with zero attached hydrogens (tertiary/aromatic N) is 3. The lowest BCUT2D eigenvalue weighted by Gasteiger charge is -2.08. The zero-order valence-electron chi connectivity index (χ0n) is 16.0. The van der Waals surface area contributed by atoms with Gasteiger partial charge in [-0.25, -0.2) is 14.5 Å². The van der Waals surface area contributed by atoms with Crippen molar-refractivity contribution >= 4 is 22.9 Å². The summed E-state index contributed by atoms with van der Waals surface area (Å²) in [6.45, 7) is 3.95. The minimum atomic E-state index is -0.608. The van der Waals surface area contributed by atoms with Gasteiger partial charge in [-0.1, -0.05) is 12.1 Å². The lowest BCUT2D eigenvalue weighted by Crippen LogP contribution is -2.28. The first-order chi connectivity index (χ1) is 13.5. The Morgan fingerprint density at radius 1 is 1.21 bits per heavy atom. The smallest absolute Gasteiger partial charge is 0.340 e. The summed E-state index contributed by atoms with van der Waals surface area (Å²) in [5.74, 6) is -0.289. The fraction of sp³-hybridized carbons (Fsp3) is 0.300. The zero-order chi connectivity index (χ0) is 20.1. The van der Waals surface area contributed by atoms with Gasteiger partial charge in [-0.2, -0.15) is 5.10 Å². The molecule has 146 valence electrons. The van der Waals surface area contributed by atoms with Crippen LogP contribution in [0, 0.1) is 0 Å². The summed E-state index contributed by atoms with van der Waals surface area (Å²) >= 11 is 0. The summed E-state index contributed by atoms with van der Waals surface area (Å²) < 4.78 is 12.0. The lowest BCUT2D eigenvalue weighted by atomic mass is 10.2. The molecule has 0 aliphatic rings. The van der Waals surface area contributed by atoms with Crippen LogP contribution in [0.4, 0.5) is 0 Å². The van der Waals surface area contributed by atoms with Gasteiger partial charge in [0.15, 0.2) is 12.3 Å². The highest BCUT2D eigenvalue weighted by Crippen LogP contribution is 2.17. The quantitative estimate of drug-likeness (QED) is 0.631. The summed E-state index contributed by atoms with van der Waals surface area (Å²) in [4.78, 5) is 28.4. The van der Waals surface area contributed by atoms with E-state index in [2.05, 4.69) is 15.4 Å². The molecular formula is C20H22N4O4. The number of nitrogens with one attached hydrogen (secondary N) is 1. The standard InChI is InChI=1S/C20H22N4O4/c1-13(2)24-19-15(11-23-24)8-16(10-22-19)20(26)28-12-18(25)21-9-14-5-4-6-17(7-14)27-3/h4-8,10-11,13H,9,12H2,1-3H3,(H,21,25). The number of amides is 1. The molecule has 0 saturated carbocycles. The molecule has 3 aromatic rings. The Labute approximate surface area is 162 Å². The third kappa shape index (κ3) is 4.46. The van der Waals surface area contributed by atoms with Crippen LogP contribution < -0.4 is 10.1 Å². The first-order valence-electron chi connectivity index (χ1n) is 8.88. The van der Waals surface area contributed by atoms with Gasteiger partial charge in [0.25, 0.3) is 5.91 Å². The molecule has 0 fully saturated rings. The molecule has 0 bridgehead atoms. The number of hydrogen-bond acceptors (Lipinski definition) is 6. The molecule has 8 nitrogen and oxygen atoms in total. The summed E-state index contributed by atoms with van der Waals surface area (Å²) in [6.07, 6.45) is 3.08.